The van der Waals surface area contributed by atoms with Crippen molar-refractivity contribution in [3.05, 3.63) is 34.3 Å². The van der Waals surface area contributed by atoms with Gasteiger partial charge in [0, 0.05) is 23.5 Å². The van der Waals surface area contributed by atoms with E-state index in [1.807, 2.05) is 25.7 Å². The number of aryl methyl sites for hydroxylation is 1. The minimum atomic E-state index is -0.964. The molecule has 0 aliphatic carbocycles. The molecule has 4 nitrogen and oxygen atoms in total. The molecule has 0 fully saturated rings. The average molecular weight is 293 g/mol. The molecule has 1 aromatic heterocycles. The Bertz CT molecular complexity index is 666. The molecule has 0 spiro atoms. The first-order valence-electron chi connectivity index (χ1n) is 6.57. The van der Waals surface area contributed by atoms with Crippen molar-refractivity contribution in [1.82, 2.24) is 4.98 Å². The molecule has 1 N–H and O–H groups in total. The lowest BCUT2D eigenvalue weighted by atomic mass is 10.1. The van der Waals surface area contributed by atoms with Crippen LogP contribution < -0.4 is 4.90 Å². The van der Waals surface area contributed by atoms with Gasteiger partial charge in [-0.05, 0) is 38.5 Å². The second-order valence-corrected chi connectivity index (χ2v) is 4.99. The summed E-state index contributed by atoms with van der Waals surface area (Å²) in [6.45, 7) is 7.26. The van der Waals surface area contributed by atoms with Crippen LogP contribution >= 0.6 is 11.6 Å². The minimum Gasteiger partial charge on any atom is -0.478 e. The third-order valence-corrected chi connectivity index (χ3v) is 3.86. The van der Waals surface area contributed by atoms with Crippen LogP contribution in [0.2, 0.25) is 5.02 Å². The SMILES string of the molecule is CCN(CC)c1nc2c(C)c(Cl)ccc2cc1C(=O)O. The highest BCUT2D eigenvalue weighted by Gasteiger charge is 2.18. The zero-order valence-corrected chi connectivity index (χ0v) is 12.5. The van der Waals surface area contributed by atoms with Crippen LogP contribution in [0, 0.1) is 6.92 Å². The normalized spacial score (nSPS) is 10.8. The molecule has 0 aliphatic rings. The quantitative estimate of drug-likeness (QED) is 0.932. The van der Waals surface area contributed by atoms with Crippen LogP contribution in [0.1, 0.15) is 29.8 Å². The second-order valence-electron chi connectivity index (χ2n) is 4.58. The first kappa shape index (κ1) is 14.6. The summed E-state index contributed by atoms with van der Waals surface area (Å²) in [5.41, 5.74) is 1.85. The third-order valence-electron chi connectivity index (χ3n) is 3.45. The molecule has 0 bridgehead atoms. The van der Waals surface area contributed by atoms with E-state index in [9.17, 15) is 9.90 Å². The van der Waals surface area contributed by atoms with E-state index in [0.29, 0.717) is 23.9 Å². The molecule has 0 radical (unpaired) electrons. The van der Waals surface area contributed by atoms with Crippen molar-refractivity contribution in [2.24, 2.45) is 0 Å². The van der Waals surface area contributed by atoms with E-state index in [4.69, 9.17) is 11.6 Å². The van der Waals surface area contributed by atoms with E-state index >= 15 is 0 Å². The van der Waals surface area contributed by atoms with Gasteiger partial charge < -0.3 is 10.0 Å². The maximum Gasteiger partial charge on any atom is 0.339 e. The number of carboxylic acid groups (broad SMARTS) is 1. The Hall–Kier alpha value is -1.81. The van der Waals surface area contributed by atoms with Crippen LogP contribution in [-0.2, 0) is 0 Å². The molecular formula is C15H17ClN2O2. The van der Waals surface area contributed by atoms with Gasteiger partial charge in [-0.1, -0.05) is 17.7 Å². The molecule has 0 aliphatic heterocycles. The molecule has 0 amide bonds. The van der Waals surface area contributed by atoms with E-state index in [1.54, 1.807) is 18.2 Å². The maximum absolute atomic E-state index is 11.5. The molecule has 0 atom stereocenters. The van der Waals surface area contributed by atoms with E-state index < -0.39 is 5.97 Å². The number of anilines is 1. The topological polar surface area (TPSA) is 53.4 Å². The third kappa shape index (κ3) is 2.43. The number of carbonyl (C=O) groups is 1. The van der Waals surface area contributed by atoms with Crippen molar-refractivity contribution in [1.29, 1.82) is 0 Å². The van der Waals surface area contributed by atoms with Crippen LogP contribution in [0.15, 0.2) is 18.2 Å². The number of aromatic carboxylic acids is 1. The van der Waals surface area contributed by atoms with Crippen molar-refractivity contribution >= 4 is 34.3 Å². The Morgan fingerprint density at radius 3 is 2.55 bits per heavy atom. The molecule has 2 aromatic rings. The molecule has 2 rings (SSSR count). The molecule has 0 unspecified atom stereocenters. The predicted octanol–water partition coefficient (Wildman–Crippen LogP) is 3.74. The number of hydrogen-bond donors (Lipinski definition) is 1. The predicted molar refractivity (Wildman–Crippen MR) is 82.0 cm³/mol. The Balaban J connectivity index is 2.79. The number of hydrogen-bond acceptors (Lipinski definition) is 3. The van der Waals surface area contributed by atoms with Gasteiger partial charge in [-0.15, -0.1) is 0 Å². The Labute approximate surface area is 123 Å². The van der Waals surface area contributed by atoms with Crippen molar-refractivity contribution in [3.8, 4) is 0 Å². The lowest BCUT2D eigenvalue weighted by Gasteiger charge is -2.22. The van der Waals surface area contributed by atoms with E-state index in [-0.39, 0.29) is 5.56 Å². The highest BCUT2D eigenvalue weighted by molar-refractivity contribution is 6.32. The zero-order chi connectivity index (χ0) is 14.9. The van der Waals surface area contributed by atoms with Gasteiger partial charge in [0.15, 0.2) is 0 Å². The maximum atomic E-state index is 11.5. The summed E-state index contributed by atoms with van der Waals surface area (Å²) in [6, 6.07) is 5.24. The fourth-order valence-corrected chi connectivity index (χ4v) is 2.42. The molecule has 0 saturated carbocycles. The van der Waals surface area contributed by atoms with Gasteiger partial charge in [-0.25, -0.2) is 9.78 Å². The summed E-state index contributed by atoms with van der Waals surface area (Å²) in [4.78, 5) is 18.0. The number of nitrogens with zero attached hydrogens (tertiary/aromatic N) is 2. The fraction of sp³-hybridized carbons (Fsp3) is 0.333. The molecule has 1 aromatic carbocycles. The largest absolute Gasteiger partial charge is 0.478 e. The Morgan fingerprint density at radius 2 is 2.00 bits per heavy atom. The summed E-state index contributed by atoms with van der Waals surface area (Å²) >= 11 is 6.12. The number of benzene rings is 1. The van der Waals surface area contributed by atoms with Crippen LogP contribution in [-0.4, -0.2) is 29.1 Å². The van der Waals surface area contributed by atoms with E-state index in [1.165, 1.54) is 0 Å². The number of halogens is 1. The van der Waals surface area contributed by atoms with Gasteiger partial charge in [-0.3, -0.25) is 0 Å². The van der Waals surface area contributed by atoms with Crippen LogP contribution in [0.4, 0.5) is 5.82 Å². The molecule has 106 valence electrons. The number of aromatic nitrogens is 1. The minimum absolute atomic E-state index is 0.225. The van der Waals surface area contributed by atoms with E-state index in [2.05, 4.69) is 4.98 Å². The monoisotopic (exact) mass is 292 g/mol. The summed E-state index contributed by atoms with van der Waals surface area (Å²) in [7, 11) is 0. The smallest absolute Gasteiger partial charge is 0.339 e. The van der Waals surface area contributed by atoms with E-state index in [0.717, 1.165) is 16.5 Å². The average Bonchev–Trinajstić information content (AvgIpc) is 2.44. The zero-order valence-electron chi connectivity index (χ0n) is 11.8. The van der Waals surface area contributed by atoms with Gasteiger partial charge in [0.05, 0.1) is 5.52 Å². The molecule has 1 heterocycles. The number of pyridine rings is 1. The second kappa shape index (κ2) is 5.67. The van der Waals surface area contributed by atoms with Gasteiger partial charge in [-0.2, -0.15) is 0 Å². The van der Waals surface area contributed by atoms with Gasteiger partial charge in [0.25, 0.3) is 0 Å². The van der Waals surface area contributed by atoms with Gasteiger partial charge in [0.2, 0.25) is 0 Å². The van der Waals surface area contributed by atoms with Crippen LogP contribution in [0.3, 0.4) is 0 Å². The molecule has 5 heteroatoms. The lowest BCUT2D eigenvalue weighted by molar-refractivity contribution is 0.0697. The van der Waals surface area contributed by atoms with Crippen molar-refractivity contribution < 1.29 is 9.90 Å². The summed E-state index contributed by atoms with van der Waals surface area (Å²) in [6.07, 6.45) is 0. The highest BCUT2D eigenvalue weighted by Crippen LogP contribution is 2.29. The number of carboxylic acids is 1. The fourth-order valence-electron chi connectivity index (χ4n) is 2.27. The van der Waals surface area contributed by atoms with Crippen LogP contribution in [0.5, 0.6) is 0 Å². The van der Waals surface area contributed by atoms with Crippen molar-refractivity contribution in [3.63, 3.8) is 0 Å². The summed E-state index contributed by atoms with van der Waals surface area (Å²) in [5.74, 6) is -0.464. The Morgan fingerprint density at radius 1 is 1.35 bits per heavy atom. The number of rotatable bonds is 4. The lowest BCUT2D eigenvalue weighted by Crippen LogP contribution is -2.25. The standard InChI is InChI=1S/C15H17ClN2O2/c1-4-18(5-2)14-11(15(19)20)8-10-6-7-12(16)9(3)13(10)17-14/h6-8H,4-5H2,1-3H3,(H,19,20). The van der Waals surface area contributed by atoms with Crippen LogP contribution in [0.25, 0.3) is 10.9 Å². The molecule has 0 saturated heterocycles. The van der Waals surface area contributed by atoms with Crippen molar-refractivity contribution in [2.45, 2.75) is 20.8 Å². The highest BCUT2D eigenvalue weighted by atomic mass is 35.5. The summed E-state index contributed by atoms with van der Waals surface area (Å²) < 4.78 is 0. The van der Waals surface area contributed by atoms with Crippen molar-refractivity contribution in [2.75, 3.05) is 18.0 Å². The molecular weight excluding hydrogens is 276 g/mol. The van der Waals surface area contributed by atoms with Gasteiger partial charge in [0.1, 0.15) is 11.4 Å². The first-order chi connectivity index (χ1) is 9.49. The molecule has 20 heavy (non-hydrogen) atoms. The van der Waals surface area contributed by atoms with Gasteiger partial charge >= 0.3 is 5.97 Å². The Kier molecular flexibility index (Phi) is 4.14. The summed E-state index contributed by atoms with van der Waals surface area (Å²) in [5, 5.41) is 10.8. The number of fused-ring (bicyclic) bond motifs is 1. The first-order valence-corrected chi connectivity index (χ1v) is 6.95.